The highest BCUT2D eigenvalue weighted by Crippen LogP contribution is 2.28. The van der Waals surface area contributed by atoms with Gasteiger partial charge in [0.05, 0.1) is 11.9 Å². The molecule has 25 heavy (non-hydrogen) atoms. The molecule has 0 fully saturated rings. The molecule has 0 aliphatic rings. The number of benzene rings is 2. The van der Waals surface area contributed by atoms with Crippen molar-refractivity contribution in [2.45, 2.75) is 20.8 Å². The van der Waals surface area contributed by atoms with Gasteiger partial charge in [-0.2, -0.15) is 0 Å². The van der Waals surface area contributed by atoms with E-state index in [0.29, 0.717) is 22.0 Å². The second kappa shape index (κ2) is 7.45. The van der Waals surface area contributed by atoms with Gasteiger partial charge < -0.3 is 5.32 Å². The molecule has 134 valence electrons. The van der Waals surface area contributed by atoms with Crippen molar-refractivity contribution in [1.82, 2.24) is 0 Å². The normalized spacial score (nSPS) is 11.2. The number of amides is 1. The van der Waals surface area contributed by atoms with Gasteiger partial charge in [0.2, 0.25) is 15.9 Å². The fourth-order valence-electron chi connectivity index (χ4n) is 2.45. The Morgan fingerprint density at radius 1 is 1.08 bits per heavy atom. The van der Waals surface area contributed by atoms with Crippen molar-refractivity contribution >= 4 is 38.9 Å². The summed E-state index contributed by atoms with van der Waals surface area (Å²) < 4.78 is 25.5. The van der Waals surface area contributed by atoms with Gasteiger partial charge in [-0.05, 0) is 55.7 Å². The maximum absolute atomic E-state index is 12.5. The maximum Gasteiger partial charge on any atom is 0.245 e. The summed E-state index contributed by atoms with van der Waals surface area (Å²) >= 11 is 6.09. The molecule has 0 radical (unpaired) electrons. The van der Waals surface area contributed by atoms with Gasteiger partial charge in [-0.1, -0.05) is 29.8 Å². The predicted octanol–water partition coefficient (Wildman–Crippen LogP) is 3.67. The minimum Gasteiger partial charge on any atom is -0.324 e. The first-order valence-corrected chi connectivity index (χ1v) is 9.92. The molecule has 0 spiro atoms. The van der Waals surface area contributed by atoms with E-state index in [1.165, 1.54) is 0 Å². The number of hydrogen-bond donors (Lipinski definition) is 1. The average Bonchev–Trinajstić information content (AvgIpc) is 2.51. The first-order valence-electron chi connectivity index (χ1n) is 7.70. The molecule has 0 heterocycles. The van der Waals surface area contributed by atoms with E-state index in [0.717, 1.165) is 21.7 Å². The number of rotatable bonds is 5. The van der Waals surface area contributed by atoms with E-state index in [9.17, 15) is 13.2 Å². The first kappa shape index (κ1) is 19.3. The van der Waals surface area contributed by atoms with Crippen molar-refractivity contribution in [1.29, 1.82) is 0 Å². The summed E-state index contributed by atoms with van der Waals surface area (Å²) in [6.45, 7) is 5.25. The van der Waals surface area contributed by atoms with Crippen molar-refractivity contribution < 1.29 is 13.2 Å². The van der Waals surface area contributed by atoms with Gasteiger partial charge in [0, 0.05) is 10.7 Å². The van der Waals surface area contributed by atoms with Crippen LogP contribution < -0.4 is 9.62 Å². The van der Waals surface area contributed by atoms with Crippen molar-refractivity contribution in [2.75, 3.05) is 22.4 Å². The summed E-state index contributed by atoms with van der Waals surface area (Å²) in [4.78, 5) is 12.5. The molecule has 0 unspecified atom stereocenters. The van der Waals surface area contributed by atoms with Crippen LogP contribution in [0, 0.1) is 20.8 Å². The number of halogens is 1. The molecule has 1 amide bonds. The topological polar surface area (TPSA) is 66.5 Å². The number of carbonyl (C=O) groups is 1. The Labute approximate surface area is 153 Å². The van der Waals surface area contributed by atoms with Gasteiger partial charge in [-0.25, -0.2) is 8.42 Å². The molecule has 0 saturated carbocycles. The predicted molar refractivity (Wildman–Crippen MR) is 103 cm³/mol. The summed E-state index contributed by atoms with van der Waals surface area (Å²) in [7, 11) is -3.65. The summed E-state index contributed by atoms with van der Waals surface area (Å²) in [5.41, 5.74) is 3.66. The largest absolute Gasteiger partial charge is 0.324 e. The van der Waals surface area contributed by atoms with Crippen LogP contribution in [0.25, 0.3) is 0 Å². The highest BCUT2D eigenvalue weighted by Gasteiger charge is 2.23. The number of anilines is 2. The molecule has 0 aromatic heterocycles. The lowest BCUT2D eigenvalue weighted by atomic mass is 10.1. The van der Waals surface area contributed by atoms with Crippen LogP contribution in [0.4, 0.5) is 11.4 Å². The lowest BCUT2D eigenvalue weighted by Crippen LogP contribution is -2.38. The van der Waals surface area contributed by atoms with Crippen molar-refractivity contribution in [3.05, 3.63) is 58.1 Å². The molecule has 0 bridgehead atoms. The Kier molecular flexibility index (Phi) is 5.75. The first-order chi connectivity index (χ1) is 11.6. The van der Waals surface area contributed by atoms with Crippen LogP contribution in [-0.4, -0.2) is 27.1 Å². The molecule has 1 N–H and O–H groups in total. The van der Waals surface area contributed by atoms with Crippen LogP contribution in [0.2, 0.25) is 5.02 Å². The monoisotopic (exact) mass is 380 g/mol. The van der Waals surface area contributed by atoms with Crippen molar-refractivity contribution in [2.24, 2.45) is 0 Å². The second-order valence-electron chi connectivity index (χ2n) is 5.95. The van der Waals surface area contributed by atoms with Crippen LogP contribution in [0.15, 0.2) is 36.4 Å². The molecule has 2 aromatic rings. The third kappa shape index (κ3) is 4.52. The fourth-order valence-corrected chi connectivity index (χ4v) is 3.53. The lowest BCUT2D eigenvalue weighted by Gasteiger charge is -2.24. The van der Waals surface area contributed by atoms with E-state index in [-0.39, 0.29) is 6.54 Å². The zero-order valence-corrected chi connectivity index (χ0v) is 16.2. The molecule has 5 nitrogen and oxygen atoms in total. The van der Waals surface area contributed by atoms with E-state index >= 15 is 0 Å². The molecular formula is C18H21ClN2O3S. The minimum absolute atomic E-state index is 0.326. The molecular weight excluding hydrogens is 360 g/mol. The lowest BCUT2D eigenvalue weighted by molar-refractivity contribution is -0.114. The Bertz CT molecular complexity index is 911. The Balaban J connectivity index is 2.31. The summed E-state index contributed by atoms with van der Waals surface area (Å²) in [5.74, 6) is -0.418. The van der Waals surface area contributed by atoms with Gasteiger partial charge in [0.15, 0.2) is 0 Å². The third-order valence-corrected chi connectivity index (χ3v) is 5.61. The van der Waals surface area contributed by atoms with Crippen LogP contribution in [0.3, 0.4) is 0 Å². The quantitative estimate of drug-likeness (QED) is 0.860. The van der Waals surface area contributed by atoms with Gasteiger partial charge in [-0.3, -0.25) is 9.10 Å². The maximum atomic E-state index is 12.5. The number of hydrogen-bond acceptors (Lipinski definition) is 3. The van der Waals surface area contributed by atoms with Crippen LogP contribution in [0.5, 0.6) is 0 Å². The molecule has 0 aliphatic heterocycles. The zero-order valence-electron chi connectivity index (χ0n) is 14.6. The van der Waals surface area contributed by atoms with Crippen molar-refractivity contribution in [3.63, 3.8) is 0 Å². The van der Waals surface area contributed by atoms with Gasteiger partial charge in [-0.15, -0.1) is 0 Å². The number of sulfonamides is 1. The molecule has 0 aliphatic carbocycles. The Morgan fingerprint density at radius 3 is 2.36 bits per heavy atom. The third-order valence-electron chi connectivity index (χ3n) is 4.07. The van der Waals surface area contributed by atoms with Crippen LogP contribution >= 0.6 is 11.6 Å². The van der Waals surface area contributed by atoms with Crippen molar-refractivity contribution in [3.8, 4) is 0 Å². The Hall–Kier alpha value is -2.05. The average molecular weight is 381 g/mol. The number of aryl methyl sites for hydroxylation is 1. The van der Waals surface area contributed by atoms with Gasteiger partial charge in [0.1, 0.15) is 6.54 Å². The highest BCUT2D eigenvalue weighted by molar-refractivity contribution is 7.92. The number of nitrogens with zero attached hydrogens (tertiary/aromatic N) is 1. The molecule has 2 aromatic carbocycles. The van der Waals surface area contributed by atoms with Gasteiger partial charge >= 0.3 is 0 Å². The van der Waals surface area contributed by atoms with E-state index in [2.05, 4.69) is 5.32 Å². The molecule has 7 heteroatoms. The second-order valence-corrected chi connectivity index (χ2v) is 8.26. The summed E-state index contributed by atoms with van der Waals surface area (Å²) in [6.07, 6.45) is 1.07. The van der Waals surface area contributed by atoms with E-state index in [4.69, 9.17) is 11.6 Å². The highest BCUT2D eigenvalue weighted by atomic mass is 35.5. The van der Waals surface area contributed by atoms with E-state index in [1.807, 2.05) is 26.0 Å². The Morgan fingerprint density at radius 2 is 1.72 bits per heavy atom. The van der Waals surface area contributed by atoms with E-state index < -0.39 is 15.9 Å². The number of nitrogens with one attached hydrogen (secondary N) is 1. The zero-order chi connectivity index (χ0) is 18.8. The van der Waals surface area contributed by atoms with Crippen LogP contribution in [0.1, 0.15) is 16.7 Å². The van der Waals surface area contributed by atoms with E-state index in [1.54, 1.807) is 31.2 Å². The molecule has 2 rings (SSSR count). The summed E-state index contributed by atoms with van der Waals surface area (Å²) in [5, 5.41) is 3.22. The minimum atomic E-state index is -3.65. The van der Waals surface area contributed by atoms with Gasteiger partial charge in [0.25, 0.3) is 0 Å². The molecule has 0 saturated heterocycles. The number of carbonyl (C=O) groups excluding carboxylic acids is 1. The van der Waals surface area contributed by atoms with Crippen LogP contribution in [-0.2, 0) is 14.8 Å². The molecule has 0 atom stereocenters. The standard InChI is InChI=1S/C18H21ClN2O3S/c1-12-7-5-9-16(13(12)2)20-18(22)11-21(25(4,23)24)17-10-6-8-15(19)14(17)3/h5-10H,11H2,1-4H3,(H,20,22). The SMILES string of the molecule is Cc1cccc(NC(=O)CN(c2cccc(Cl)c2C)S(C)(=O)=O)c1C. The summed E-state index contributed by atoms with van der Waals surface area (Å²) in [6, 6.07) is 10.5. The smallest absolute Gasteiger partial charge is 0.245 e. The fraction of sp³-hybridized carbons (Fsp3) is 0.278.